The molecule has 20 heavy (non-hydrogen) atoms. The second kappa shape index (κ2) is 5.76. The number of thiophene rings is 1. The average Bonchev–Trinajstić information content (AvgIpc) is 2.71. The Bertz CT molecular complexity index is 748. The topological polar surface area (TPSA) is 61.2 Å². The fourth-order valence-corrected chi connectivity index (χ4v) is 3.01. The van der Waals surface area contributed by atoms with Crippen molar-refractivity contribution in [2.24, 2.45) is 0 Å². The molecule has 0 saturated carbocycles. The third-order valence-corrected chi connectivity index (χ3v) is 4.02. The number of fused-ring (bicyclic) bond motifs is 1. The van der Waals surface area contributed by atoms with E-state index in [0.717, 1.165) is 11.3 Å². The normalized spacial score (nSPS) is 10.8. The zero-order valence-electron chi connectivity index (χ0n) is 11.1. The van der Waals surface area contributed by atoms with Crippen LogP contribution in [0.1, 0.15) is 22.2 Å². The number of aryl methyl sites for hydroxylation is 1. The minimum Gasteiger partial charge on any atom is -0.462 e. The number of allylic oxidation sites excluding steroid dienone is 1. The number of esters is 1. The second-order valence-corrected chi connectivity index (χ2v) is 5.69. The number of halogens is 1. The van der Waals surface area contributed by atoms with Gasteiger partial charge in [-0.25, -0.2) is 9.78 Å². The van der Waals surface area contributed by atoms with Gasteiger partial charge in [0.25, 0.3) is 5.56 Å². The molecule has 0 bridgehead atoms. The summed E-state index contributed by atoms with van der Waals surface area (Å²) in [6.45, 7) is 7.48. The Hall–Kier alpha value is -1.66. The maximum Gasteiger partial charge on any atom is 0.348 e. The number of carbonyl (C=O) groups is 1. The first-order chi connectivity index (χ1) is 9.45. The predicted octanol–water partition coefficient (Wildman–Crippen LogP) is 2.70. The molecule has 0 aromatic carbocycles. The molecule has 0 radical (unpaired) electrons. The molecular formula is C13H13ClN2O3S. The fourth-order valence-electron chi connectivity index (χ4n) is 1.85. The molecule has 2 heterocycles. The molecule has 0 atom stereocenters. The highest BCUT2D eigenvalue weighted by molar-refractivity contribution is 7.20. The monoisotopic (exact) mass is 312 g/mol. The van der Waals surface area contributed by atoms with Gasteiger partial charge >= 0.3 is 5.97 Å². The molecule has 0 saturated heterocycles. The molecule has 0 spiro atoms. The van der Waals surface area contributed by atoms with Crippen LogP contribution >= 0.6 is 22.9 Å². The number of hydrogen-bond donors (Lipinski definition) is 0. The third-order valence-electron chi connectivity index (χ3n) is 2.72. The van der Waals surface area contributed by atoms with Crippen LogP contribution < -0.4 is 5.56 Å². The molecule has 0 fully saturated rings. The van der Waals surface area contributed by atoms with Crippen LogP contribution in [0.15, 0.2) is 22.7 Å². The van der Waals surface area contributed by atoms with Gasteiger partial charge in [0, 0.05) is 5.03 Å². The molecule has 0 aliphatic rings. The molecule has 5 nitrogen and oxygen atoms in total. The van der Waals surface area contributed by atoms with Gasteiger partial charge in [-0.05, 0) is 19.4 Å². The zero-order valence-corrected chi connectivity index (χ0v) is 12.7. The van der Waals surface area contributed by atoms with Crippen molar-refractivity contribution in [2.75, 3.05) is 6.61 Å². The Morgan fingerprint density at radius 1 is 1.60 bits per heavy atom. The lowest BCUT2D eigenvalue weighted by atomic mass is 10.2. The van der Waals surface area contributed by atoms with Gasteiger partial charge in [0.15, 0.2) is 0 Å². The van der Waals surface area contributed by atoms with Crippen molar-refractivity contribution in [1.29, 1.82) is 0 Å². The first kappa shape index (κ1) is 14.7. The Labute approximate surface area is 124 Å². The van der Waals surface area contributed by atoms with Gasteiger partial charge in [-0.15, -0.1) is 11.3 Å². The minimum atomic E-state index is -0.430. The van der Waals surface area contributed by atoms with E-state index in [1.807, 2.05) is 0 Å². The van der Waals surface area contributed by atoms with Gasteiger partial charge in [0.05, 0.1) is 24.9 Å². The van der Waals surface area contributed by atoms with Gasteiger partial charge in [0.2, 0.25) is 0 Å². The lowest BCUT2D eigenvalue weighted by Gasteiger charge is -2.03. The molecule has 0 aliphatic carbocycles. The van der Waals surface area contributed by atoms with E-state index in [2.05, 4.69) is 11.6 Å². The van der Waals surface area contributed by atoms with E-state index in [-0.39, 0.29) is 18.7 Å². The third kappa shape index (κ3) is 2.62. The summed E-state index contributed by atoms with van der Waals surface area (Å²) in [5, 5.41) is 0.769. The van der Waals surface area contributed by atoms with Crippen molar-refractivity contribution in [1.82, 2.24) is 9.55 Å². The number of ether oxygens (including phenoxy) is 1. The van der Waals surface area contributed by atoms with Crippen LogP contribution in [0.5, 0.6) is 0 Å². The lowest BCUT2D eigenvalue weighted by Crippen LogP contribution is -2.20. The number of carbonyl (C=O) groups excluding carboxylic acids is 1. The summed E-state index contributed by atoms with van der Waals surface area (Å²) in [6, 6.07) is 0. The van der Waals surface area contributed by atoms with Crippen LogP contribution in [-0.4, -0.2) is 22.1 Å². The zero-order chi connectivity index (χ0) is 14.9. The highest BCUT2D eigenvalue weighted by atomic mass is 35.5. The van der Waals surface area contributed by atoms with Crippen molar-refractivity contribution < 1.29 is 9.53 Å². The highest BCUT2D eigenvalue weighted by Gasteiger charge is 2.20. The Morgan fingerprint density at radius 2 is 2.30 bits per heavy atom. The average molecular weight is 313 g/mol. The summed E-state index contributed by atoms with van der Waals surface area (Å²) >= 11 is 6.88. The van der Waals surface area contributed by atoms with Crippen LogP contribution in [0.2, 0.25) is 0 Å². The fraction of sp³-hybridized carbons (Fsp3) is 0.308. The Morgan fingerprint density at radius 3 is 2.90 bits per heavy atom. The molecule has 0 unspecified atom stereocenters. The second-order valence-electron chi connectivity index (χ2n) is 4.15. The van der Waals surface area contributed by atoms with Crippen molar-refractivity contribution in [3.05, 3.63) is 38.7 Å². The maximum atomic E-state index is 12.4. The first-order valence-electron chi connectivity index (χ1n) is 5.94. The molecule has 0 N–H and O–H groups in total. The van der Waals surface area contributed by atoms with Crippen molar-refractivity contribution in [3.8, 4) is 0 Å². The van der Waals surface area contributed by atoms with Crippen LogP contribution in [0, 0.1) is 6.92 Å². The van der Waals surface area contributed by atoms with E-state index in [0.29, 0.717) is 25.7 Å². The number of nitrogens with zero attached hydrogens (tertiary/aromatic N) is 2. The van der Waals surface area contributed by atoms with Crippen LogP contribution in [0.4, 0.5) is 0 Å². The van der Waals surface area contributed by atoms with Gasteiger partial charge in [-0.2, -0.15) is 0 Å². The molecule has 0 aliphatic heterocycles. The van der Waals surface area contributed by atoms with Crippen molar-refractivity contribution >= 4 is 39.1 Å². The quantitative estimate of drug-likeness (QED) is 0.814. The number of rotatable bonds is 4. The summed E-state index contributed by atoms with van der Waals surface area (Å²) in [5.74, 6) is -0.430. The van der Waals surface area contributed by atoms with E-state index < -0.39 is 5.97 Å². The maximum absolute atomic E-state index is 12.4. The minimum absolute atomic E-state index is 0.188. The van der Waals surface area contributed by atoms with E-state index in [1.54, 1.807) is 13.8 Å². The van der Waals surface area contributed by atoms with E-state index in [1.165, 1.54) is 10.9 Å². The SMILES string of the molecule is C=C(Cl)Cn1cnc2sc(C(=O)OCC)c(C)c2c1=O. The summed E-state index contributed by atoms with van der Waals surface area (Å²) in [4.78, 5) is 29.3. The molecule has 7 heteroatoms. The molecule has 2 rings (SSSR count). The van der Waals surface area contributed by atoms with Gasteiger partial charge < -0.3 is 4.74 Å². The predicted molar refractivity (Wildman–Crippen MR) is 79.6 cm³/mol. The number of hydrogen-bond acceptors (Lipinski definition) is 5. The summed E-state index contributed by atoms with van der Waals surface area (Å²) < 4.78 is 6.34. The Kier molecular flexibility index (Phi) is 4.25. The van der Waals surface area contributed by atoms with Crippen molar-refractivity contribution in [2.45, 2.75) is 20.4 Å². The smallest absolute Gasteiger partial charge is 0.348 e. The Balaban J connectivity index is 2.61. The van der Waals surface area contributed by atoms with E-state index in [9.17, 15) is 9.59 Å². The summed E-state index contributed by atoms with van der Waals surface area (Å²) in [5.41, 5.74) is 0.358. The summed E-state index contributed by atoms with van der Waals surface area (Å²) in [7, 11) is 0. The molecule has 2 aromatic rings. The summed E-state index contributed by atoms with van der Waals surface area (Å²) in [6.07, 6.45) is 1.41. The van der Waals surface area contributed by atoms with E-state index in [4.69, 9.17) is 16.3 Å². The largest absolute Gasteiger partial charge is 0.462 e. The molecule has 0 amide bonds. The first-order valence-corrected chi connectivity index (χ1v) is 7.14. The van der Waals surface area contributed by atoms with Crippen LogP contribution in [0.3, 0.4) is 0 Å². The van der Waals surface area contributed by atoms with Crippen molar-refractivity contribution in [3.63, 3.8) is 0 Å². The van der Waals surface area contributed by atoms with Crippen LogP contribution in [0.25, 0.3) is 10.2 Å². The number of aromatic nitrogens is 2. The lowest BCUT2D eigenvalue weighted by molar-refractivity contribution is 0.0531. The standard InChI is InChI=1S/C13H13ClN2O3S/c1-4-19-13(18)10-8(3)9-11(20-10)15-6-16(12(9)17)5-7(2)14/h6H,2,4-5H2,1,3H3. The molecule has 106 valence electrons. The van der Waals surface area contributed by atoms with Gasteiger partial charge in [-0.3, -0.25) is 9.36 Å². The van der Waals surface area contributed by atoms with Gasteiger partial charge in [0.1, 0.15) is 9.71 Å². The van der Waals surface area contributed by atoms with Crippen LogP contribution in [-0.2, 0) is 11.3 Å². The highest BCUT2D eigenvalue weighted by Crippen LogP contribution is 2.27. The molecule has 2 aromatic heterocycles. The molecular weight excluding hydrogens is 300 g/mol. The van der Waals surface area contributed by atoms with E-state index >= 15 is 0 Å². The van der Waals surface area contributed by atoms with Gasteiger partial charge in [-0.1, -0.05) is 18.2 Å².